The molecule has 0 aliphatic carbocycles. The number of hydrogen-bond acceptors (Lipinski definition) is 7. The first kappa shape index (κ1) is 34.5. The first-order valence-corrected chi connectivity index (χ1v) is 17.6. The van der Waals surface area contributed by atoms with E-state index in [0.717, 1.165) is 59.3 Å². The van der Waals surface area contributed by atoms with Gasteiger partial charge in [0.05, 0.1) is 19.8 Å². The number of cyclic esters (lactones) is 1. The van der Waals surface area contributed by atoms with Crippen molar-refractivity contribution in [2.45, 2.75) is 123 Å². The summed E-state index contributed by atoms with van der Waals surface area (Å²) in [6.07, 6.45) is 24.5. The Kier molecular flexibility index (Phi) is 14.3. The zero-order chi connectivity index (χ0) is 31.9. The number of fused-ring (bicyclic) bond motifs is 2. The van der Waals surface area contributed by atoms with Crippen molar-refractivity contribution in [3.63, 3.8) is 0 Å². The Hall–Kier alpha value is -3.35. The highest BCUT2D eigenvalue weighted by Gasteiger charge is 2.29. The molecular weight excluding hydrogens is 562 g/mol. The van der Waals surface area contributed by atoms with Crippen molar-refractivity contribution in [3.8, 4) is 22.6 Å². The number of benzene rings is 2. The van der Waals surface area contributed by atoms with E-state index in [4.69, 9.17) is 24.2 Å². The van der Waals surface area contributed by atoms with Gasteiger partial charge in [0.2, 0.25) is 5.95 Å². The topological polar surface area (TPSA) is 73.8 Å². The maximum absolute atomic E-state index is 12.9. The summed E-state index contributed by atoms with van der Waals surface area (Å²) < 4.78 is 16.6. The highest BCUT2D eigenvalue weighted by molar-refractivity contribution is 6.11. The molecule has 0 bridgehead atoms. The molecule has 4 rings (SSSR count). The van der Waals surface area contributed by atoms with Gasteiger partial charge in [-0.05, 0) is 41.8 Å². The molecule has 45 heavy (non-hydrogen) atoms. The predicted octanol–water partition coefficient (Wildman–Crippen LogP) is 10.1. The molecule has 7 nitrogen and oxygen atoms in total. The molecule has 0 fully saturated rings. The molecule has 0 saturated heterocycles. The summed E-state index contributed by atoms with van der Waals surface area (Å²) in [5.41, 5.74) is 3.03. The third-order valence-corrected chi connectivity index (χ3v) is 9.06. The number of unbranched alkanes of at least 4 members (excludes halogenated alkanes) is 14. The molecule has 246 valence electrons. The van der Waals surface area contributed by atoms with Gasteiger partial charge < -0.3 is 19.1 Å². The van der Waals surface area contributed by atoms with Crippen LogP contribution < -0.4 is 14.4 Å². The largest absolute Gasteiger partial charge is 0.493 e. The maximum Gasteiger partial charge on any atom is 0.339 e. The number of methoxy groups -OCH3 is 2. The molecule has 0 amide bonds. The van der Waals surface area contributed by atoms with Crippen LogP contribution in [0.5, 0.6) is 11.5 Å². The highest BCUT2D eigenvalue weighted by Crippen LogP contribution is 2.42. The van der Waals surface area contributed by atoms with Crippen LogP contribution in [0.25, 0.3) is 21.9 Å². The number of ether oxygens (including phenoxy) is 3. The Balaban J connectivity index is 1.50. The molecule has 1 aliphatic heterocycles. The van der Waals surface area contributed by atoms with E-state index in [0.29, 0.717) is 17.1 Å². The van der Waals surface area contributed by atoms with Gasteiger partial charge in [-0.3, -0.25) is 0 Å². The molecule has 1 aromatic heterocycles. The Labute approximate surface area is 271 Å². The molecule has 3 aromatic rings. The second kappa shape index (κ2) is 18.6. The second-order valence-corrected chi connectivity index (χ2v) is 12.5. The van der Waals surface area contributed by atoms with Crippen molar-refractivity contribution >= 4 is 22.7 Å². The molecule has 0 atom stereocenters. The Morgan fingerprint density at radius 1 is 0.689 bits per heavy atom. The van der Waals surface area contributed by atoms with E-state index in [1.165, 1.54) is 89.9 Å². The summed E-state index contributed by atoms with van der Waals surface area (Å²) in [4.78, 5) is 25.1. The van der Waals surface area contributed by atoms with Crippen LogP contribution in [-0.4, -0.2) is 43.2 Å². The van der Waals surface area contributed by atoms with Gasteiger partial charge in [0.15, 0.2) is 11.5 Å². The van der Waals surface area contributed by atoms with Gasteiger partial charge in [0.1, 0.15) is 6.61 Å². The van der Waals surface area contributed by atoms with Crippen molar-refractivity contribution in [3.05, 3.63) is 41.7 Å². The number of anilines is 1. The molecule has 7 heteroatoms. The summed E-state index contributed by atoms with van der Waals surface area (Å²) in [6, 6.07) is 5.89. The molecule has 1 aliphatic rings. The molecular formula is C38H55N3O4. The fourth-order valence-electron chi connectivity index (χ4n) is 6.45. The summed E-state index contributed by atoms with van der Waals surface area (Å²) >= 11 is 0. The average Bonchev–Trinajstić information content (AvgIpc) is 3.44. The fraction of sp³-hybridized carbons (Fsp3) is 0.605. The average molecular weight is 618 g/mol. The Morgan fingerprint density at radius 2 is 1.20 bits per heavy atom. The minimum absolute atomic E-state index is 0.259. The number of nitrogens with zero attached hydrogens (tertiary/aromatic N) is 3. The number of hydrogen-bond donors (Lipinski definition) is 0. The van der Waals surface area contributed by atoms with Crippen LogP contribution in [0, 0.1) is 0 Å². The van der Waals surface area contributed by atoms with E-state index < -0.39 is 0 Å². The third kappa shape index (κ3) is 9.57. The maximum atomic E-state index is 12.9. The van der Waals surface area contributed by atoms with E-state index in [9.17, 15) is 4.79 Å². The Bertz CT molecular complexity index is 1320. The van der Waals surface area contributed by atoms with Crippen molar-refractivity contribution in [2.75, 3.05) is 32.2 Å². The standard InChI is InChI=1S/C38H55N3O4/c1-5-7-9-11-13-15-17-19-21-41(22-20-18-16-14-12-10-8-6-2)38-39-26-31(27-40-38)35-32-25-34(44-4)33(43-3)24-29(32)23-30-28-45-37(42)36(30)35/h23-27H,5-22,28H2,1-4H3. The van der Waals surface area contributed by atoms with E-state index in [2.05, 4.69) is 18.7 Å². The molecule has 2 aromatic carbocycles. The van der Waals surface area contributed by atoms with Crippen LogP contribution in [0.1, 0.15) is 133 Å². The first-order valence-electron chi connectivity index (χ1n) is 17.6. The van der Waals surface area contributed by atoms with E-state index in [-0.39, 0.29) is 12.6 Å². The molecule has 0 radical (unpaired) electrons. The second-order valence-electron chi connectivity index (χ2n) is 12.5. The lowest BCUT2D eigenvalue weighted by Crippen LogP contribution is -2.27. The van der Waals surface area contributed by atoms with Gasteiger partial charge in [-0.2, -0.15) is 0 Å². The number of carbonyl (C=O) groups is 1. The zero-order valence-electron chi connectivity index (χ0n) is 28.3. The predicted molar refractivity (Wildman–Crippen MR) is 185 cm³/mol. The van der Waals surface area contributed by atoms with E-state index in [1.54, 1.807) is 14.2 Å². The van der Waals surface area contributed by atoms with E-state index in [1.807, 2.05) is 30.6 Å². The lowest BCUT2D eigenvalue weighted by atomic mass is 9.91. The number of rotatable bonds is 22. The quantitative estimate of drug-likeness (QED) is 0.0820. The number of esters is 1. The van der Waals surface area contributed by atoms with E-state index >= 15 is 0 Å². The van der Waals surface area contributed by atoms with Crippen molar-refractivity contribution in [2.24, 2.45) is 0 Å². The SMILES string of the molecule is CCCCCCCCCCN(CCCCCCCCCC)c1ncc(-c2c3c(cc4cc(OC)c(OC)cc24)COC3=O)cn1. The van der Waals surface area contributed by atoms with Gasteiger partial charge in [0, 0.05) is 42.2 Å². The van der Waals surface area contributed by atoms with Crippen LogP contribution >= 0.6 is 0 Å². The smallest absolute Gasteiger partial charge is 0.339 e. The Morgan fingerprint density at radius 3 is 1.73 bits per heavy atom. The summed E-state index contributed by atoms with van der Waals surface area (Å²) in [7, 11) is 3.25. The van der Waals surface area contributed by atoms with Gasteiger partial charge in [-0.1, -0.05) is 104 Å². The van der Waals surface area contributed by atoms with Gasteiger partial charge >= 0.3 is 5.97 Å². The molecule has 2 heterocycles. The summed E-state index contributed by atoms with van der Waals surface area (Å²) in [5, 5.41) is 1.84. The van der Waals surface area contributed by atoms with Crippen LogP contribution in [-0.2, 0) is 11.3 Å². The first-order chi connectivity index (χ1) is 22.1. The zero-order valence-corrected chi connectivity index (χ0v) is 28.3. The van der Waals surface area contributed by atoms with Crippen molar-refractivity contribution in [1.82, 2.24) is 9.97 Å². The monoisotopic (exact) mass is 617 g/mol. The lowest BCUT2D eigenvalue weighted by molar-refractivity contribution is 0.0535. The fourth-order valence-corrected chi connectivity index (χ4v) is 6.45. The van der Waals surface area contributed by atoms with Gasteiger partial charge in [-0.25, -0.2) is 14.8 Å². The number of carbonyl (C=O) groups excluding carboxylic acids is 1. The van der Waals surface area contributed by atoms with Crippen LogP contribution in [0.15, 0.2) is 30.6 Å². The van der Waals surface area contributed by atoms with Crippen LogP contribution in [0.4, 0.5) is 5.95 Å². The lowest BCUT2D eigenvalue weighted by Gasteiger charge is -2.23. The summed E-state index contributed by atoms with van der Waals surface area (Å²) in [5.74, 6) is 1.71. The van der Waals surface area contributed by atoms with Crippen LogP contribution in [0.3, 0.4) is 0 Å². The van der Waals surface area contributed by atoms with Crippen LogP contribution in [0.2, 0.25) is 0 Å². The third-order valence-electron chi connectivity index (χ3n) is 9.06. The van der Waals surface area contributed by atoms with Gasteiger partial charge in [-0.15, -0.1) is 0 Å². The van der Waals surface area contributed by atoms with Gasteiger partial charge in [0.25, 0.3) is 0 Å². The molecule has 0 N–H and O–H groups in total. The minimum Gasteiger partial charge on any atom is -0.493 e. The number of aromatic nitrogens is 2. The highest BCUT2D eigenvalue weighted by atomic mass is 16.5. The molecule has 0 unspecified atom stereocenters. The van der Waals surface area contributed by atoms with Crippen molar-refractivity contribution < 1.29 is 19.0 Å². The normalized spacial score (nSPS) is 12.4. The molecule has 0 spiro atoms. The summed E-state index contributed by atoms with van der Waals surface area (Å²) in [6.45, 7) is 6.74. The minimum atomic E-state index is -0.313. The molecule has 0 saturated carbocycles. The van der Waals surface area contributed by atoms with Crippen molar-refractivity contribution in [1.29, 1.82) is 0 Å².